The highest BCUT2D eigenvalue weighted by atomic mass is 35.5. The maximum atomic E-state index is 12.6. The number of amides is 1. The first-order valence-electron chi connectivity index (χ1n) is 8.92. The summed E-state index contributed by atoms with van der Waals surface area (Å²) in [7, 11) is 0. The summed E-state index contributed by atoms with van der Waals surface area (Å²) >= 11 is 0. The van der Waals surface area contributed by atoms with Crippen LogP contribution in [0.3, 0.4) is 0 Å². The lowest BCUT2D eigenvalue weighted by atomic mass is 9.79. The smallest absolute Gasteiger partial charge is 0.238 e. The fourth-order valence-electron chi connectivity index (χ4n) is 4.15. The number of carbonyl (C=O) groups is 1. The maximum absolute atomic E-state index is 12.6. The zero-order chi connectivity index (χ0) is 16.3. The fraction of sp³-hybridized carbons (Fsp3) is 0.632. The number of rotatable bonds is 3. The first kappa shape index (κ1) is 19.2. The lowest BCUT2D eigenvalue weighted by molar-refractivity contribution is -0.120. The molecular weight excluding hydrogens is 322 g/mol. The number of benzene rings is 1. The molecule has 0 radical (unpaired) electrons. The van der Waals surface area contributed by atoms with Crippen LogP contribution < -0.4 is 10.6 Å². The predicted octanol–water partition coefficient (Wildman–Crippen LogP) is 3.27. The van der Waals surface area contributed by atoms with Crippen molar-refractivity contribution in [1.29, 1.82) is 0 Å². The van der Waals surface area contributed by atoms with Gasteiger partial charge in [0.2, 0.25) is 5.91 Å². The average Bonchev–Trinajstić information content (AvgIpc) is 2.53. The molecule has 1 saturated carbocycles. The van der Waals surface area contributed by atoms with Gasteiger partial charge in [-0.15, -0.1) is 12.4 Å². The molecule has 1 heterocycles. The van der Waals surface area contributed by atoms with Crippen LogP contribution in [0.25, 0.3) is 0 Å². The van der Waals surface area contributed by atoms with Crippen molar-refractivity contribution in [3.8, 4) is 0 Å². The molecule has 4 nitrogen and oxygen atoms in total. The Balaban J connectivity index is 0.00000208. The van der Waals surface area contributed by atoms with E-state index in [9.17, 15) is 4.79 Å². The summed E-state index contributed by atoms with van der Waals surface area (Å²) in [6, 6.07) is 6.18. The third-order valence-corrected chi connectivity index (χ3v) is 5.46. The number of anilines is 1. The summed E-state index contributed by atoms with van der Waals surface area (Å²) in [5.41, 5.74) is 3.50. The molecule has 5 heteroatoms. The SMILES string of the molecule is Cc1ccc(NC(=O)CN2CCNCC23CCCCC3)c(C)c1.Cl. The molecule has 2 fully saturated rings. The van der Waals surface area contributed by atoms with Gasteiger partial charge in [-0.05, 0) is 38.3 Å². The van der Waals surface area contributed by atoms with Gasteiger partial charge in [-0.25, -0.2) is 0 Å². The van der Waals surface area contributed by atoms with Gasteiger partial charge in [0, 0.05) is 30.9 Å². The number of hydrogen-bond donors (Lipinski definition) is 2. The maximum Gasteiger partial charge on any atom is 0.238 e. The lowest BCUT2D eigenvalue weighted by Crippen LogP contribution is -2.63. The molecule has 1 aromatic rings. The van der Waals surface area contributed by atoms with E-state index in [0.29, 0.717) is 6.54 Å². The topological polar surface area (TPSA) is 44.4 Å². The Morgan fingerprint density at radius 3 is 2.71 bits per heavy atom. The molecule has 1 aromatic carbocycles. The third-order valence-electron chi connectivity index (χ3n) is 5.46. The number of nitrogens with zero attached hydrogens (tertiary/aromatic N) is 1. The Bertz CT molecular complexity index is 561. The summed E-state index contributed by atoms with van der Waals surface area (Å²) in [4.78, 5) is 15.0. The molecule has 1 aliphatic heterocycles. The molecule has 24 heavy (non-hydrogen) atoms. The summed E-state index contributed by atoms with van der Waals surface area (Å²) in [6.07, 6.45) is 6.35. The lowest BCUT2D eigenvalue weighted by Gasteiger charge is -2.49. The van der Waals surface area contributed by atoms with Crippen molar-refractivity contribution in [2.24, 2.45) is 0 Å². The standard InChI is InChI=1S/C19H29N3O.ClH/c1-15-6-7-17(16(2)12-15)21-18(23)13-22-11-10-20-14-19(22)8-4-3-5-9-19;/h6-7,12,20H,3-5,8-11,13-14H2,1-2H3,(H,21,23);1H. The molecule has 0 atom stereocenters. The van der Waals surface area contributed by atoms with E-state index in [1.54, 1.807) is 0 Å². The average molecular weight is 352 g/mol. The van der Waals surface area contributed by atoms with Crippen molar-refractivity contribution in [1.82, 2.24) is 10.2 Å². The van der Waals surface area contributed by atoms with Crippen LogP contribution in [0.1, 0.15) is 43.2 Å². The predicted molar refractivity (Wildman–Crippen MR) is 102 cm³/mol. The molecule has 0 unspecified atom stereocenters. The van der Waals surface area contributed by atoms with Crippen molar-refractivity contribution < 1.29 is 4.79 Å². The highest BCUT2D eigenvalue weighted by Gasteiger charge is 2.40. The van der Waals surface area contributed by atoms with Crippen LogP contribution in [0.2, 0.25) is 0 Å². The van der Waals surface area contributed by atoms with E-state index in [-0.39, 0.29) is 23.9 Å². The van der Waals surface area contributed by atoms with E-state index in [0.717, 1.165) is 30.9 Å². The summed E-state index contributed by atoms with van der Waals surface area (Å²) < 4.78 is 0. The number of aryl methyl sites for hydroxylation is 2. The molecular formula is C19H30ClN3O. The Morgan fingerprint density at radius 2 is 2.00 bits per heavy atom. The van der Waals surface area contributed by atoms with E-state index in [1.807, 2.05) is 6.07 Å². The molecule has 0 aromatic heterocycles. The first-order chi connectivity index (χ1) is 11.1. The van der Waals surface area contributed by atoms with Gasteiger partial charge < -0.3 is 10.6 Å². The summed E-state index contributed by atoms with van der Waals surface area (Å²) in [5, 5.41) is 6.65. The van der Waals surface area contributed by atoms with E-state index in [4.69, 9.17) is 0 Å². The van der Waals surface area contributed by atoms with Crippen LogP contribution in [0.15, 0.2) is 18.2 Å². The Morgan fingerprint density at radius 1 is 1.25 bits per heavy atom. The van der Waals surface area contributed by atoms with Gasteiger partial charge in [0.25, 0.3) is 0 Å². The van der Waals surface area contributed by atoms with Gasteiger partial charge in [0.05, 0.1) is 6.54 Å². The highest BCUT2D eigenvalue weighted by Crippen LogP contribution is 2.34. The Kier molecular flexibility index (Phi) is 6.67. The second kappa shape index (κ2) is 8.32. The van der Waals surface area contributed by atoms with E-state index in [2.05, 4.69) is 41.5 Å². The quantitative estimate of drug-likeness (QED) is 0.878. The highest BCUT2D eigenvalue weighted by molar-refractivity contribution is 5.93. The number of carbonyl (C=O) groups excluding carboxylic acids is 1. The molecule has 1 spiro atoms. The van der Waals surface area contributed by atoms with Crippen LogP contribution >= 0.6 is 12.4 Å². The van der Waals surface area contributed by atoms with Crippen molar-refractivity contribution in [3.63, 3.8) is 0 Å². The van der Waals surface area contributed by atoms with Crippen LogP contribution in [0.5, 0.6) is 0 Å². The minimum atomic E-state index is 0. The molecule has 2 aliphatic rings. The molecule has 1 aliphatic carbocycles. The van der Waals surface area contributed by atoms with Crippen LogP contribution in [-0.4, -0.2) is 42.5 Å². The molecule has 1 saturated heterocycles. The zero-order valence-corrected chi connectivity index (χ0v) is 15.7. The number of nitrogens with one attached hydrogen (secondary N) is 2. The minimum Gasteiger partial charge on any atom is -0.325 e. The zero-order valence-electron chi connectivity index (χ0n) is 14.9. The second-order valence-corrected chi connectivity index (χ2v) is 7.25. The summed E-state index contributed by atoms with van der Waals surface area (Å²) in [6.45, 7) is 7.62. The monoisotopic (exact) mass is 351 g/mol. The van der Waals surface area contributed by atoms with Gasteiger partial charge in [0.15, 0.2) is 0 Å². The molecule has 3 rings (SSSR count). The van der Waals surface area contributed by atoms with Gasteiger partial charge in [0.1, 0.15) is 0 Å². The summed E-state index contributed by atoms with van der Waals surface area (Å²) in [5.74, 6) is 0.115. The number of halogens is 1. The van der Waals surface area contributed by atoms with Crippen molar-refractivity contribution in [2.75, 3.05) is 31.5 Å². The van der Waals surface area contributed by atoms with Crippen molar-refractivity contribution >= 4 is 24.0 Å². The van der Waals surface area contributed by atoms with Gasteiger partial charge in [-0.1, -0.05) is 37.0 Å². The molecule has 134 valence electrons. The number of piperazine rings is 1. The Hall–Kier alpha value is -1.10. The van der Waals surface area contributed by atoms with E-state index >= 15 is 0 Å². The second-order valence-electron chi connectivity index (χ2n) is 7.25. The van der Waals surface area contributed by atoms with Crippen molar-refractivity contribution in [3.05, 3.63) is 29.3 Å². The normalized spacial score (nSPS) is 20.4. The fourth-order valence-corrected chi connectivity index (χ4v) is 4.15. The van der Waals surface area contributed by atoms with Crippen LogP contribution in [0, 0.1) is 13.8 Å². The number of hydrogen-bond acceptors (Lipinski definition) is 3. The van der Waals surface area contributed by atoms with Crippen LogP contribution in [-0.2, 0) is 4.79 Å². The Labute approximate surface area is 151 Å². The first-order valence-corrected chi connectivity index (χ1v) is 8.92. The van der Waals surface area contributed by atoms with Crippen LogP contribution in [0.4, 0.5) is 5.69 Å². The molecule has 0 bridgehead atoms. The van der Waals surface area contributed by atoms with Gasteiger partial charge >= 0.3 is 0 Å². The van der Waals surface area contributed by atoms with Gasteiger partial charge in [-0.2, -0.15) is 0 Å². The van der Waals surface area contributed by atoms with E-state index < -0.39 is 0 Å². The minimum absolute atomic E-state index is 0. The molecule has 2 N–H and O–H groups in total. The van der Waals surface area contributed by atoms with Crippen molar-refractivity contribution in [2.45, 2.75) is 51.5 Å². The van der Waals surface area contributed by atoms with Gasteiger partial charge in [-0.3, -0.25) is 9.69 Å². The largest absolute Gasteiger partial charge is 0.325 e. The van der Waals surface area contributed by atoms with E-state index in [1.165, 1.54) is 37.7 Å². The third kappa shape index (κ3) is 4.29. The molecule has 1 amide bonds.